The van der Waals surface area contributed by atoms with Crippen LogP contribution in [0.4, 0.5) is 0 Å². The fraction of sp³-hybridized carbons (Fsp3) is 0.393. The lowest BCUT2D eigenvalue weighted by Gasteiger charge is -2.25. The Labute approximate surface area is 190 Å². The largest absolute Gasteiger partial charge is 0.497 e. The van der Waals surface area contributed by atoms with Crippen molar-refractivity contribution in [2.45, 2.75) is 65.4 Å². The molecule has 4 heteroatoms. The second kappa shape index (κ2) is 7.54. The summed E-state index contributed by atoms with van der Waals surface area (Å²) in [5, 5.41) is 1.95. The molecule has 0 fully saturated rings. The molecule has 3 aromatic carbocycles. The van der Waals surface area contributed by atoms with E-state index in [1.54, 1.807) is 7.11 Å². The predicted octanol–water partition coefficient (Wildman–Crippen LogP) is 6.85. The van der Waals surface area contributed by atoms with Crippen molar-refractivity contribution < 1.29 is 19.0 Å². The maximum absolute atomic E-state index is 12.0. The topological polar surface area (TPSA) is 44.8 Å². The number of methoxy groups -OCH3 is 1. The van der Waals surface area contributed by atoms with E-state index in [1.165, 1.54) is 6.92 Å². The monoisotopic (exact) mass is 432 g/mol. The Balaban J connectivity index is 2.05. The van der Waals surface area contributed by atoms with Crippen molar-refractivity contribution in [3.05, 3.63) is 64.7 Å². The number of carbonyl (C=O) groups excluding carboxylic acids is 1. The van der Waals surface area contributed by atoms with E-state index in [0.29, 0.717) is 5.75 Å². The lowest BCUT2D eigenvalue weighted by molar-refractivity contribution is -0.131. The van der Waals surface area contributed by atoms with Gasteiger partial charge in [-0.25, -0.2) is 0 Å². The molecule has 1 heterocycles. The summed E-state index contributed by atoms with van der Waals surface area (Å²) in [6, 6.07) is 14.4. The Kier molecular flexibility index (Phi) is 5.23. The number of hydrogen-bond donors (Lipinski definition) is 0. The molecule has 0 saturated heterocycles. The van der Waals surface area contributed by atoms with E-state index >= 15 is 0 Å². The van der Waals surface area contributed by atoms with Crippen LogP contribution in [-0.4, -0.2) is 13.1 Å². The highest BCUT2D eigenvalue weighted by molar-refractivity contribution is 6.01. The lowest BCUT2D eigenvalue weighted by Crippen LogP contribution is -2.16. The highest BCUT2D eigenvalue weighted by Gasteiger charge is 2.36. The zero-order valence-corrected chi connectivity index (χ0v) is 20.3. The maximum atomic E-state index is 12.0. The Morgan fingerprint density at radius 1 is 0.906 bits per heavy atom. The molecular weight excluding hydrogens is 400 g/mol. The Bertz CT molecular complexity index is 1190. The van der Waals surface area contributed by atoms with Crippen LogP contribution in [-0.2, 0) is 15.6 Å². The van der Waals surface area contributed by atoms with Crippen molar-refractivity contribution in [3.8, 4) is 17.2 Å². The van der Waals surface area contributed by atoms with Crippen LogP contribution in [0, 0.1) is 0 Å². The van der Waals surface area contributed by atoms with Crippen molar-refractivity contribution in [1.82, 2.24) is 0 Å². The molecule has 0 aliphatic carbocycles. The summed E-state index contributed by atoms with van der Waals surface area (Å²) in [5.41, 5.74) is 3.98. The molecule has 0 bridgehead atoms. The third kappa shape index (κ3) is 3.72. The molecule has 3 aromatic rings. The lowest BCUT2D eigenvalue weighted by atomic mass is 9.80. The second-order valence-corrected chi connectivity index (χ2v) is 10.6. The number of carbonyl (C=O) groups is 1. The molecule has 0 aromatic heterocycles. The van der Waals surface area contributed by atoms with E-state index in [2.05, 4.69) is 71.9 Å². The molecule has 0 spiro atoms. The standard InChI is InChI=1S/C28H32O4/c1-16(29)31-25-19-13-14-21(27(2,3)4)26-23(19)20(15-22(25)28(5,6)7)24(32-26)17-9-11-18(30-8)12-10-17/h9-15,24H,1-8H3. The van der Waals surface area contributed by atoms with E-state index in [-0.39, 0.29) is 22.9 Å². The van der Waals surface area contributed by atoms with Gasteiger partial charge in [0.15, 0.2) is 0 Å². The number of benzene rings is 3. The van der Waals surface area contributed by atoms with Gasteiger partial charge in [-0.3, -0.25) is 4.79 Å². The van der Waals surface area contributed by atoms with Gasteiger partial charge in [-0.1, -0.05) is 65.8 Å². The number of ether oxygens (including phenoxy) is 3. The van der Waals surface area contributed by atoms with Crippen molar-refractivity contribution in [2.24, 2.45) is 0 Å². The number of esters is 1. The van der Waals surface area contributed by atoms with Crippen LogP contribution < -0.4 is 14.2 Å². The molecule has 1 aliphatic heterocycles. The Morgan fingerprint density at radius 3 is 2.06 bits per heavy atom. The smallest absolute Gasteiger partial charge is 0.308 e. The quantitative estimate of drug-likeness (QED) is 0.335. The first-order chi connectivity index (χ1) is 14.9. The molecule has 1 atom stereocenters. The Hall–Kier alpha value is -3.01. The number of hydrogen-bond acceptors (Lipinski definition) is 4. The highest BCUT2D eigenvalue weighted by atomic mass is 16.5. The van der Waals surface area contributed by atoms with Crippen molar-refractivity contribution in [2.75, 3.05) is 7.11 Å². The van der Waals surface area contributed by atoms with E-state index < -0.39 is 0 Å². The second-order valence-electron chi connectivity index (χ2n) is 10.6. The van der Waals surface area contributed by atoms with Gasteiger partial charge in [-0.2, -0.15) is 0 Å². The summed E-state index contributed by atoms with van der Waals surface area (Å²) in [4.78, 5) is 12.0. The summed E-state index contributed by atoms with van der Waals surface area (Å²) in [6.45, 7) is 14.4. The summed E-state index contributed by atoms with van der Waals surface area (Å²) in [6.07, 6.45) is -0.241. The highest BCUT2D eigenvalue weighted by Crippen LogP contribution is 2.53. The molecule has 32 heavy (non-hydrogen) atoms. The van der Waals surface area contributed by atoms with Crippen LogP contribution in [0.3, 0.4) is 0 Å². The summed E-state index contributed by atoms with van der Waals surface area (Å²) >= 11 is 0. The van der Waals surface area contributed by atoms with E-state index in [4.69, 9.17) is 14.2 Å². The van der Waals surface area contributed by atoms with Gasteiger partial charge in [0.1, 0.15) is 23.4 Å². The first kappa shape index (κ1) is 22.2. The molecule has 0 amide bonds. The van der Waals surface area contributed by atoms with Gasteiger partial charge < -0.3 is 14.2 Å². The van der Waals surface area contributed by atoms with Gasteiger partial charge in [0.25, 0.3) is 0 Å². The van der Waals surface area contributed by atoms with Crippen LogP contribution in [0.25, 0.3) is 10.8 Å². The summed E-state index contributed by atoms with van der Waals surface area (Å²) < 4.78 is 17.8. The van der Waals surface area contributed by atoms with Crippen molar-refractivity contribution in [1.29, 1.82) is 0 Å². The first-order valence-electron chi connectivity index (χ1n) is 11.1. The predicted molar refractivity (Wildman–Crippen MR) is 128 cm³/mol. The summed E-state index contributed by atoms with van der Waals surface area (Å²) in [5.74, 6) is 1.99. The van der Waals surface area contributed by atoms with Gasteiger partial charge in [0.2, 0.25) is 0 Å². The van der Waals surface area contributed by atoms with Crippen LogP contribution in [0.1, 0.15) is 76.8 Å². The van der Waals surface area contributed by atoms with Gasteiger partial charge >= 0.3 is 5.97 Å². The van der Waals surface area contributed by atoms with E-state index in [0.717, 1.165) is 44.5 Å². The molecule has 0 N–H and O–H groups in total. The van der Waals surface area contributed by atoms with Crippen molar-refractivity contribution >= 4 is 16.7 Å². The van der Waals surface area contributed by atoms with Crippen LogP contribution in [0.2, 0.25) is 0 Å². The minimum absolute atomic E-state index is 0.0973. The fourth-order valence-corrected chi connectivity index (χ4v) is 4.43. The molecule has 1 aliphatic rings. The van der Waals surface area contributed by atoms with Gasteiger partial charge in [-0.05, 0) is 34.6 Å². The molecule has 168 valence electrons. The third-order valence-corrected chi connectivity index (χ3v) is 6.03. The first-order valence-corrected chi connectivity index (χ1v) is 11.1. The molecule has 4 nitrogen and oxygen atoms in total. The molecular formula is C28H32O4. The van der Waals surface area contributed by atoms with Crippen LogP contribution in [0.5, 0.6) is 17.2 Å². The Morgan fingerprint density at radius 2 is 1.53 bits per heavy atom. The van der Waals surface area contributed by atoms with E-state index in [9.17, 15) is 4.79 Å². The SMILES string of the molecule is COc1ccc(C2Oc3c(C(C)(C)C)ccc4c(OC(C)=O)c(C(C)(C)C)cc2c34)cc1. The molecule has 1 unspecified atom stereocenters. The van der Waals surface area contributed by atoms with E-state index in [1.807, 2.05) is 12.1 Å². The minimum Gasteiger partial charge on any atom is -0.497 e. The zero-order valence-electron chi connectivity index (χ0n) is 20.3. The zero-order chi connectivity index (χ0) is 23.4. The normalized spacial score (nSPS) is 15.6. The van der Waals surface area contributed by atoms with Crippen molar-refractivity contribution in [3.63, 3.8) is 0 Å². The minimum atomic E-state index is -0.321. The van der Waals surface area contributed by atoms with Crippen LogP contribution >= 0.6 is 0 Å². The molecule has 0 radical (unpaired) electrons. The summed E-state index contributed by atoms with van der Waals surface area (Å²) in [7, 11) is 1.67. The van der Waals surface area contributed by atoms with Gasteiger partial charge in [0, 0.05) is 34.4 Å². The van der Waals surface area contributed by atoms with Gasteiger partial charge in [0.05, 0.1) is 7.11 Å². The fourth-order valence-electron chi connectivity index (χ4n) is 4.43. The molecule has 4 rings (SSSR count). The number of rotatable bonds is 3. The van der Waals surface area contributed by atoms with Crippen LogP contribution in [0.15, 0.2) is 42.5 Å². The molecule has 0 saturated carbocycles. The average molecular weight is 433 g/mol. The third-order valence-electron chi connectivity index (χ3n) is 6.03. The van der Waals surface area contributed by atoms with Gasteiger partial charge in [-0.15, -0.1) is 0 Å². The average Bonchev–Trinajstić information content (AvgIpc) is 3.08. The maximum Gasteiger partial charge on any atom is 0.308 e.